The number of ether oxygens (including phenoxy) is 1. The normalized spacial score (nSPS) is 10.3. The van der Waals surface area contributed by atoms with Crippen LogP contribution in [0.15, 0.2) is 18.2 Å². The van der Waals surface area contributed by atoms with Crippen LogP contribution < -0.4 is 10.1 Å². The number of aromatic nitrogens is 2. The monoisotopic (exact) mass is 205 g/mol. The molecule has 15 heavy (non-hydrogen) atoms. The molecule has 0 aliphatic carbocycles. The number of H-pyrrole nitrogens is 1. The number of hydrogen-bond donors (Lipinski definition) is 2. The number of rotatable bonds is 2. The van der Waals surface area contributed by atoms with Gasteiger partial charge in [-0.2, -0.15) is 5.10 Å². The van der Waals surface area contributed by atoms with E-state index in [4.69, 9.17) is 4.74 Å². The Morgan fingerprint density at radius 1 is 1.53 bits per heavy atom. The fourth-order valence-corrected chi connectivity index (χ4v) is 1.42. The topological polar surface area (TPSA) is 67.0 Å². The lowest BCUT2D eigenvalue weighted by Crippen LogP contribution is -2.00. The molecule has 0 amide bonds. The Hall–Kier alpha value is -2.04. The second-order valence-corrected chi connectivity index (χ2v) is 3.12. The Bertz CT molecular complexity index is 504. The molecule has 2 rings (SSSR count). The number of fused-ring (bicyclic) bond motifs is 1. The van der Waals surface area contributed by atoms with Crippen molar-refractivity contribution in [2.45, 2.75) is 6.92 Å². The van der Waals surface area contributed by atoms with E-state index in [0.717, 1.165) is 16.7 Å². The first-order chi connectivity index (χ1) is 7.20. The summed E-state index contributed by atoms with van der Waals surface area (Å²) >= 11 is 0. The van der Waals surface area contributed by atoms with E-state index in [0.29, 0.717) is 5.75 Å². The second-order valence-electron chi connectivity index (χ2n) is 3.12. The maximum absolute atomic E-state index is 10.8. The van der Waals surface area contributed by atoms with Gasteiger partial charge in [0.05, 0.1) is 5.52 Å². The smallest absolute Gasteiger partial charge is 0.308 e. The minimum Gasteiger partial charge on any atom is -0.427 e. The van der Waals surface area contributed by atoms with Crippen molar-refractivity contribution >= 4 is 22.7 Å². The van der Waals surface area contributed by atoms with Gasteiger partial charge in [-0.3, -0.25) is 9.89 Å². The van der Waals surface area contributed by atoms with Crippen molar-refractivity contribution in [3.63, 3.8) is 0 Å². The molecule has 1 heterocycles. The first kappa shape index (κ1) is 9.51. The van der Waals surface area contributed by atoms with Gasteiger partial charge in [0.25, 0.3) is 0 Å². The summed E-state index contributed by atoms with van der Waals surface area (Å²) in [4.78, 5) is 10.8. The lowest BCUT2D eigenvalue weighted by molar-refractivity contribution is -0.131. The van der Waals surface area contributed by atoms with Crippen molar-refractivity contribution in [2.75, 3.05) is 12.4 Å². The van der Waals surface area contributed by atoms with Gasteiger partial charge in [-0.15, -0.1) is 0 Å². The van der Waals surface area contributed by atoms with Gasteiger partial charge in [-0.1, -0.05) is 0 Å². The molecule has 0 fully saturated rings. The maximum Gasteiger partial charge on any atom is 0.308 e. The number of nitrogens with zero attached hydrogens (tertiary/aromatic N) is 1. The fraction of sp³-hybridized carbons (Fsp3) is 0.200. The molecule has 5 nitrogen and oxygen atoms in total. The number of benzene rings is 1. The van der Waals surface area contributed by atoms with Gasteiger partial charge in [-0.05, 0) is 12.1 Å². The van der Waals surface area contributed by atoms with Crippen LogP contribution in [0.1, 0.15) is 6.92 Å². The average Bonchev–Trinajstić information content (AvgIpc) is 2.58. The van der Waals surface area contributed by atoms with Gasteiger partial charge in [0.2, 0.25) is 0 Å². The van der Waals surface area contributed by atoms with Crippen LogP contribution in [0.2, 0.25) is 0 Å². The second kappa shape index (κ2) is 3.61. The number of anilines is 1. The zero-order valence-electron chi connectivity index (χ0n) is 8.50. The van der Waals surface area contributed by atoms with Crippen LogP contribution >= 0.6 is 0 Å². The van der Waals surface area contributed by atoms with Crippen LogP contribution in [0.5, 0.6) is 5.75 Å². The summed E-state index contributed by atoms with van der Waals surface area (Å²) in [7, 11) is 1.80. The summed E-state index contributed by atoms with van der Waals surface area (Å²) in [5, 5.41) is 10.8. The summed E-state index contributed by atoms with van der Waals surface area (Å²) in [5.74, 6) is 0.961. The van der Waals surface area contributed by atoms with Crippen LogP contribution in [-0.2, 0) is 4.79 Å². The lowest BCUT2D eigenvalue weighted by Gasteiger charge is -2.00. The molecule has 0 saturated carbocycles. The Labute approximate surface area is 86.4 Å². The molecular weight excluding hydrogens is 194 g/mol. The zero-order chi connectivity index (χ0) is 10.8. The molecule has 5 heteroatoms. The Balaban J connectivity index is 2.44. The van der Waals surface area contributed by atoms with E-state index in [9.17, 15) is 4.79 Å². The van der Waals surface area contributed by atoms with Crippen molar-refractivity contribution < 1.29 is 9.53 Å². The SMILES string of the molecule is CNc1n[nH]c2cc(OC(C)=O)ccc12. The third kappa shape index (κ3) is 1.76. The summed E-state index contributed by atoms with van der Waals surface area (Å²) in [6, 6.07) is 5.33. The molecule has 0 bridgehead atoms. The van der Waals surface area contributed by atoms with Crippen LogP contribution in [0.25, 0.3) is 10.9 Å². The van der Waals surface area contributed by atoms with E-state index in [-0.39, 0.29) is 5.97 Å². The molecule has 2 N–H and O–H groups in total. The molecule has 2 aromatic rings. The quantitative estimate of drug-likeness (QED) is 0.576. The Morgan fingerprint density at radius 3 is 3.00 bits per heavy atom. The molecule has 0 atom stereocenters. The van der Waals surface area contributed by atoms with Crippen molar-refractivity contribution in [1.29, 1.82) is 0 Å². The summed E-state index contributed by atoms with van der Waals surface area (Å²) < 4.78 is 4.96. The van der Waals surface area contributed by atoms with Crippen LogP contribution in [0.3, 0.4) is 0 Å². The van der Waals surface area contributed by atoms with Gasteiger partial charge in [-0.25, -0.2) is 0 Å². The molecule has 1 aromatic carbocycles. The third-order valence-corrected chi connectivity index (χ3v) is 2.03. The fourth-order valence-electron chi connectivity index (χ4n) is 1.42. The zero-order valence-corrected chi connectivity index (χ0v) is 8.50. The highest BCUT2D eigenvalue weighted by Gasteiger charge is 2.05. The number of nitrogens with one attached hydrogen (secondary N) is 2. The number of aromatic amines is 1. The molecule has 0 aliphatic rings. The van der Waals surface area contributed by atoms with Gasteiger partial charge >= 0.3 is 5.97 Å². The minimum absolute atomic E-state index is 0.331. The standard InChI is InChI=1S/C10H11N3O2/c1-6(14)15-7-3-4-8-9(5-7)12-13-10(8)11-2/h3-5H,1-2H3,(H2,11,12,13). The van der Waals surface area contributed by atoms with E-state index in [1.807, 2.05) is 6.07 Å². The van der Waals surface area contributed by atoms with Gasteiger partial charge < -0.3 is 10.1 Å². The minimum atomic E-state index is -0.331. The Morgan fingerprint density at radius 2 is 2.33 bits per heavy atom. The van der Waals surface area contributed by atoms with E-state index in [1.54, 1.807) is 19.2 Å². The first-order valence-corrected chi connectivity index (χ1v) is 4.55. The highest BCUT2D eigenvalue weighted by atomic mass is 16.5. The lowest BCUT2D eigenvalue weighted by atomic mass is 10.2. The number of carbonyl (C=O) groups is 1. The van der Waals surface area contributed by atoms with E-state index < -0.39 is 0 Å². The number of esters is 1. The van der Waals surface area contributed by atoms with Crippen molar-refractivity contribution in [3.05, 3.63) is 18.2 Å². The molecule has 78 valence electrons. The average molecular weight is 205 g/mol. The van der Waals surface area contributed by atoms with Crippen molar-refractivity contribution in [1.82, 2.24) is 10.2 Å². The highest BCUT2D eigenvalue weighted by molar-refractivity contribution is 5.90. The Kier molecular flexibility index (Phi) is 2.29. The van der Waals surface area contributed by atoms with E-state index in [2.05, 4.69) is 15.5 Å². The van der Waals surface area contributed by atoms with E-state index in [1.165, 1.54) is 6.92 Å². The van der Waals surface area contributed by atoms with Crippen molar-refractivity contribution in [2.24, 2.45) is 0 Å². The van der Waals surface area contributed by atoms with Crippen LogP contribution in [-0.4, -0.2) is 23.2 Å². The number of carbonyl (C=O) groups excluding carboxylic acids is 1. The molecule has 0 unspecified atom stereocenters. The highest BCUT2D eigenvalue weighted by Crippen LogP contribution is 2.24. The molecule has 0 aliphatic heterocycles. The largest absolute Gasteiger partial charge is 0.427 e. The summed E-state index contributed by atoms with van der Waals surface area (Å²) in [6.45, 7) is 1.37. The molecule has 0 saturated heterocycles. The van der Waals surface area contributed by atoms with Gasteiger partial charge in [0, 0.05) is 25.4 Å². The van der Waals surface area contributed by atoms with Crippen LogP contribution in [0, 0.1) is 0 Å². The maximum atomic E-state index is 10.8. The summed E-state index contributed by atoms with van der Waals surface area (Å²) in [6.07, 6.45) is 0. The van der Waals surface area contributed by atoms with Gasteiger partial charge in [0.1, 0.15) is 5.75 Å². The van der Waals surface area contributed by atoms with Crippen molar-refractivity contribution in [3.8, 4) is 5.75 Å². The van der Waals surface area contributed by atoms with E-state index >= 15 is 0 Å². The molecule has 0 radical (unpaired) electrons. The third-order valence-electron chi connectivity index (χ3n) is 2.03. The predicted molar refractivity (Wildman–Crippen MR) is 56.9 cm³/mol. The molecule has 1 aromatic heterocycles. The molecule has 0 spiro atoms. The van der Waals surface area contributed by atoms with Gasteiger partial charge in [0.15, 0.2) is 5.82 Å². The summed E-state index contributed by atoms with van der Waals surface area (Å²) in [5.41, 5.74) is 0.832. The molecular formula is C10H11N3O2. The van der Waals surface area contributed by atoms with Crippen LogP contribution in [0.4, 0.5) is 5.82 Å². The number of hydrogen-bond acceptors (Lipinski definition) is 4. The first-order valence-electron chi connectivity index (χ1n) is 4.55. The predicted octanol–water partition coefficient (Wildman–Crippen LogP) is 1.53.